The molecule has 0 bridgehead atoms. The number of fused-ring (bicyclic) bond motifs is 6. The molecule has 1 unspecified atom stereocenters. The van der Waals surface area contributed by atoms with Crippen molar-refractivity contribution in [3.8, 4) is 11.4 Å². The van der Waals surface area contributed by atoms with Crippen molar-refractivity contribution in [2.45, 2.75) is 12.5 Å². The van der Waals surface area contributed by atoms with Gasteiger partial charge >= 0.3 is 0 Å². The summed E-state index contributed by atoms with van der Waals surface area (Å²) < 4.78 is 1.63. The summed E-state index contributed by atoms with van der Waals surface area (Å²) in [6, 6.07) is 37.7. The molecule has 0 radical (unpaired) electrons. The molecule has 1 amide bonds. The Morgan fingerprint density at radius 2 is 1.37 bits per heavy atom. The lowest BCUT2D eigenvalue weighted by molar-refractivity contribution is -0.121. The third-order valence-corrected chi connectivity index (χ3v) is 9.27. The largest absolute Gasteiger partial charge is 0.506 e. The number of para-hydroxylation sites is 2. The molecule has 6 aromatic rings. The molecule has 8 rings (SSSR count). The fraction of sp³-hybridized carbons (Fsp3) is 0.0465. The zero-order chi connectivity index (χ0) is 33.5. The standard InChI is InChI=1S/C43H30N2O4/c46-40-34-26-24-28-14-10-12-20-32(28)38(34)44(30-16-4-1-5-17-30)42(48)36(40)22-8-3-9-23-37-41(47)35-27-25-29-15-11-13-21-33(29)39(35)45(43(37)49)31-18-6-2-7-19-31/h1-24,26-27,39,46H,25H2. The molecule has 236 valence electrons. The van der Waals surface area contributed by atoms with Crippen LogP contribution < -0.4 is 10.5 Å². The van der Waals surface area contributed by atoms with Crippen LogP contribution in [0.1, 0.15) is 22.7 Å². The Hall–Kier alpha value is -6.53. The van der Waals surface area contributed by atoms with Crippen molar-refractivity contribution in [2.75, 3.05) is 4.90 Å². The van der Waals surface area contributed by atoms with E-state index in [0.29, 0.717) is 34.3 Å². The third-order valence-electron chi connectivity index (χ3n) is 9.27. The highest BCUT2D eigenvalue weighted by Gasteiger charge is 2.44. The van der Waals surface area contributed by atoms with Crippen molar-refractivity contribution in [3.63, 3.8) is 0 Å². The Labute approximate surface area is 282 Å². The molecule has 5 aromatic carbocycles. The predicted molar refractivity (Wildman–Crippen MR) is 195 cm³/mol. The molecular weight excluding hydrogens is 608 g/mol. The van der Waals surface area contributed by atoms with Gasteiger partial charge in [-0.15, -0.1) is 0 Å². The van der Waals surface area contributed by atoms with E-state index in [4.69, 9.17) is 0 Å². The van der Waals surface area contributed by atoms with E-state index < -0.39 is 6.04 Å². The van der Waals surface area contributed by atoms with E-state index in [-0.39, 0.29) is 34.1 Å². The van der Waals surface area contributed by atoms with Gasteiger partial charge in [0.25, 0.3) is 11.5 Å². The molecule has 1 aliphatic heterocycles. The Kier molecular flexibility index (Phi) is 7.46. The highest BCUT2D eigenvalue weighted by molar-refractivity contribution is 6.33. The first kappa shape index (κ1) is 29.8. The summed E-state index contributed by atoms with van der Waals surface area (Å²) in [7, 11) is 0. The minimum atomic E-state index is -0.506. The van der Waals surface area contributed by atoms with E-state index in [1.54, 1.807) is 33.8 Å². The number of piperidine rings is 1. The van der Waals surface area contributed by atoms with Gasteiger partial charge in [0, 0.05) is 27.7 Å². The number of anilines is 1. The number of rotatable bonds is 5. The topological polar surface area (TPSA) is 79.6 Å². The van der Waals surface area contributed by atoms with Crippen LogP contribution in [0.2, 0.25) is 0 Å². The van der Waals surface area contributed by atoms with Crippen LogP contribution in [0.15, 0.2) is 168 Å². The average molecular weight is 639 g/mol. The molecule has 1 atom stereocenters. The van der Waals surface area contributed by atoms with Crippen LogP contribution in [0.5, 0.6) is 5.75 Å². The molecule has 6 nitrogen and oxygen atoms in total. The zero-order valence-electron chi connectivity index (χ0n) is 26.4. The van der Waals surface area contributed by atoms with Gasteiger partial charge in [-0.3, -0.25) is 23.9 Å². The van der Waals surface area contributed by atoms with E-state index in [0.717, 1.165) is 21.9 Å². The first-order valence-electron chi connectivity index (χ1n) is 16.1. The molecule has 0 saturated carbocycles. The lowest BCUT2D eigenvalue weighted by Gasteiger charge is -2.40. The number of carbonyl (C=O) groups excluding carboxylic acids is 2. The van der Waals surface area contributed by atoms with Gasteiger partial charge in [-0.1, -0.05) is 115 Å². The zero-order valence-corrected chi connectivity index (χ0v) is 26.4. The van der Waals surface area contributed by atoms with E-state index in [9.17, 15) is 19.5 Å². The van der Waals surface area contributed by atoms with Crippen LogP contribution in [0.4, 0.5) is 5.69 Å². The van der Waals surface area contributed by atoms with Gasteiger partial charge in [0.15, 0.2) is 5.78 Å². The number of ketones is 1. The Balaban J connectivity index is 1.18. The van der Waals surface area contributed by atoms with E-state index in [1.807, 2.05) is 127 Å². The monoisotopic (exact) mass is 638 g/mol. The summed E-state index contributed by atoms with van der Waals surface area (Å²) in [4.78, 5) is 43.6. The van der Waals surface area contributed by atoms with E-state index in [1.165, 1.54) is 6.08 Å². The van der Waals surface area contributed by atoms with Crippen LogP contribution in [-0.2, 0) is 16.0 Å². The first-order chi connectivity index (χ1) is 24.0. The van der Waals surface area contributed by atoms with Crippen molar-refractivity contribution in [1.82, 2.24) is 4.57 Å². The number of aromatic hydroxyl groups is 1. The Morgan fingerprint density at radius 3 is 2.16 bits per heavy atom. The molecule has 1 aromatic heterocycles. The number of hydrogen-bond donors (Lipinski definition) is 1. The van der Waals surface area contributed by atoms with Crippen molar-refractivity contribution in [3.05, 3.63) is 190 Å². The van der Waals surface area contributed by atoms with Crippen molar-refractivity contribution < 1.29 is 14.7 Å². The molecule has 1 aliphatic carbocycles. The fourth-order valence-corrected chi connectivity index (χ4v) is 6.98. The van der Waals surface area contributed by atoms with Crippen LogP contribution in [0.25, 0.3) is 33.4 Å². The van der Waals surface area contributed by atoms with Crippen molar-refractivity contribution >= 4 is 45.1 Å². The van der Waals surface area contributed by atoms with Gasteiger partial charge in [0.2, 0.25) is 0 Å². The van der Waals surface area contributed by atoms with Crippen molar-refractivity contribution in [1.29, 1.82) is 0 Å². The van der Waals surface area contributed by atoms with E-state index in [2.05, 4.69) is 0 Å². The second kappa shape index (κ2) is 12.2. The number of Topliss-reactive ketones (excluding diaryl/α,β-unsaturated/α-hetero) is 1. The average Bonchev–Trinajstić information content (AvgIpc) is 3.14. The molecule has 49 heavy (non-hydrogen) atoms. The SMILES string of the molecule is O=C1C(=CC=CC=Cc2c(O)c3ccc4ccccc4c3n(-c3ccccc3)c2=O)C(=O)N(c2ccccc2)C2C1=CCc1ccccc12. The van der Waals surface area contributed by atoms with Gasteiger partial charge in [-0.25, -0.2) is 0 Å². The molecule has 2 heterocycles. The van der Waals surface area contributed by atoms with Gasteiger partial charge in [0.05, 0.1) is 22.7 Å². The summed E-state index contributed by atoms with van der Waals surface area (Å²) in [5.74, 6) is -0.795. The second-order valence-electron chi connectivity index (χ2n) is 12.1. The Morgan fingerprint density at radius 1 is 0.673 bits per heavy atom. The van der Waals surface area contributed by atoms with Crippen LogP contribution in [0, 0.1) is 0 Å². The summed E-state index contributed by atoms with van der Waals surface area (Å²) in [6.45, 7) is 0. The number of aromatic nitrogens is 1. The van der Waals surface area contributed by atoms with E-state index >= 15 is 0 Å². The van der Waals surface area contributed by atoms with Crippen LogP contribution in [-0.4, -0.2) is 21.4 Å². The second-order valence-corrected chi connectivity index (χ2v) is 12.1. The van der Waals surface area contributed by atoms with Gasteiger partial charge < -0.3 is 5.11 Å². The third kappa shape index (κ3) is 5.02. The summed E-state index contributed by atoms with van der Waals surface area (Å²) >= 11 is 0. The van der Waals surface area contributed by atoms with Crippen LogP contribution in [0.3, 0.4) is 0 Å². The molecule has 2 aliphatic rings. The number of carbonyl (C=O) groups is 2. The lowest BCUT2D eigenvalue weighted by Crippen LogP contribution is -2.46. The number of pyridine rings is 1. The number of allylic oxidation sites excluding steroid dienone is 5. The quantitative estimate of drug-likeness (QED) is 0.0894. The first-order valence-corrected chi connectivity index (χ1v) is 16.1. The number of benzene rings is 5. The summed E-state index contributed by atoms with van der Waals surface area (Å²) in [5, 5.41) is 13.8. The van der Waals surface area contributed by atoms with Gasteiger partial charge in [-0.05, 0) is 65.4 Å². The molecule has 1 fully saturated rings. The van der Waals surface area contributed by atoms with Gasteiger partial charge in [-0.2, -0.15) is 0 Å². The smallest absolute Gasteiger partial charge is 0.266 e. The highest BCUT2D eigenvalue weighted by Crippen LogP contribution is 2.43. The summed E-state index contributed by atoms with van der Waals surface area (Å²) in [6.07, 6.45) is 10.5. The minimum absolute atomic E-state index is 0.0576. The number of amides is 1. The Bertz CT molecular complexity index is 2490. The summed E-state index contributed by atoms with van der Waals surface area (Å²) in [5.41, 5.74) is 4.43. The van der Waals surface area contributed by atoms with Crippen LogP contribution >= 0.6 is 0 Å². The number of nitrogens with zero attached hydrogens (tertiary/aromatic N) is 2. The molecular formula is C43H30N2O4. The highest BCUT2D eigenvalue weighted by atomic mass is 16.3. The molecule has 6 heteroatoms. The predicted octanol–water partition coefficient (Wildman–Crippen LogP) is 8.19. The maximum atomic E-state index is 14.1. The molecule has 1 saturated heterocycles. The number of hydrogen-bond acceptors (Lipinski definition) is 4. The molecule has 1 N–H and O–H groups in total. The lowest BCUT2D eigenvalue weighted by atomic mass is 9.79. The minimum Gasteiger partial charge on any atom is -0.506 e. The maximum Gasteiger partial charge on any atom is 0.266 e. The maximum absolute atomic E-state index is 14.1. The van der Waals surface area contributed by atoms with Gasteiger partial charge in [0.1, 0.15) is 5.75 Å². The normalized spacial score (nSPS) is 16.9. The fourth-order valence-electron chi connectivity index (χ4n) is 6.98. The molecule has 0 spiro atoms. The van der Waals surface area contributed by atoms with Crippen molar-refractivity contribution in [2.24, 2.45) is 0 Å².